The summed E-state index contributed by atoms with van der Waals surface area (Å²) in [5.74, 6) is -0.797. The first-order chi connectivity index (χ1) is 14.8. The van der Waals surface area contributed by atoms with Crippen molar-refractivity contribution in [3.8, 4) is 5.75 Å². The number of halogens is 3. The zero-order valence-corrected chi connectivity index (χ0v) is 18.0. The Morgan fingerprint density at radius 2 is 1.45 bits per heavy atom. The lowest BCUT2D eigenvalue weighted by Crippen LogP contribution is -2.09. The third-order valence-corrected chi connectivity index (χ3v) is 4.69. The number of esters is 1. The summed E-state index contributed by atoms with van der Waals surface area (Å²) in [6, 6.07) is 12.5. The minimum atomic E-state index is -4.62. The number of hydrogen-bond acceptors (Lipinski definition) is 3. The van der Waals surface area contributed by atoms with E-state index in [1.54, 1.807) is 24.3 Å². The molecule has 0 heterocycles. The summed E-state index contributed by atoms with van der Waals surface area (Å²) in [6.45, 7) is 4.58. The normalized spacial score (nSPS) is 12.0. The molecule has 0 aliphatic heterocycles. The number of allylic oxidation sites excluding steroid dienone is 1. The molecule has 2 rings (SSSR count). The molecule has 0 N–H and O–H groups in total. The molecule has 0 fully saturated rings. The first-order valence-electron chi connectivity index (χ1n) is 10.6. The fraction of sp³-hybridized carbons (Fsp3) is 0.400. The van der Waals surface area contributed by atoms with Crippen LogP contribution in [0.3, 0.4) is 0 Å². The van der Waals surface area contributed by atoms with Crippen molar-refractivity contribution in [1.29, 1.82) is 0 Å². The maximum absolute atomic E-state index is 12.9. The fourth-order valence-electron chi connectivity index (χ4n) is 2.96. The van der Waals surface area contributed by atoms with Gasteiger partial charge in [0.1, 0.15) is 11.5 Å². The molecule has 3 nitrogen and oxygen atoms in total. The van der Waals surface area contributed by atoms with Crippen LogP contribution >= 0.6 is 0 Å². The molecule has 0 radical (unpaired) electrons. The van der Waals surface area contributed by atoms with Crippen molar-refractivity contribution in [2.24, 2.45) is 0 Å². The smallest absolute Gasteiger partial charge is 0.413 e. The Kier molecular flexibility index (Phi) is 9.63. The van der Waals surface area contributed by atoms with Crippen molar-refractivity contribution in [3.05, 3.63) is 71.3 Å². The molecule has 0 amide bonds. The van der Waals surface area contributed by atoms with Crippen LogP contribution < -0.4 is 4.74 Å². The predicted octanol–water partition coefficient (Wildman–Crippen LogP) is 7.49. The van der Waals surface area contributed by atoms with Crippen LogP contribution in [0.4, 0.5) is 13.2 Å². The van der Waals surface area contributed by atoms with E-state index in [0.717, 1.165) is 18.4 Å². The summed E-state index contributed by atoms with van der Waals surface area (Å²) in [5.41, 5.74) is 1.21. The number of ether oxygens (including phenoxy) is 2. The van der Waals surface area contributed by atoms with E-state index in [0.29, 0.717) is 12.4 Å². The number of rotatable bonds is 11. The monoisotopic (exact) mass is 434 g/mol. The van der Waals surface area contributed by atoms with E-state index in [1.807, 2.05) is 6.92 Å². The summed E-state index contributed by atoms with van der Waals surface area (Å²) in [6.07, 6.45) is 2.33. The van der Waals surface area contributed by atoms with Crippen LogP contribution in [0.25, 0.3) is 5.76 Å². The van der Waals surface area contributed by atoms with Gasteiger partial charge in [0.15, 0.2) is 0 Å². The molecule has 0 saturated heterocycles. The fourth-order valence-corrected chi connectivity index (χ4v) is 2.96. The number of hydrogen-bond donors (Lipinski definition) is 0. The minimum Gasteiger partial charge on any atom is -0.494 e. The van der Waals surface area contributed by atoms with Gasteiger partial charge in [-0.25, -0.2) is 4.79 Å². The lowest BCUT2D eigenvalue weighted by atomic mass is 10.1. The van der Waals surface area contributed by atoms with Crippen molar-refractivity contribution in [3.63, 3.8) is 0 Å². The average Bonchev–Trinajstić information content (AvgIpc) is 2.72. The standard InChI is InChI=1S/C25H29F3O3/c1-3-4-5-6-7-8-17-30-22-15-13-21(14-16-22)24(29)31-23(18-25(26,27)28)20-11-9-19(2)10-12-20/h9-16,18H,3-8,17H2,1-2H3/b23-18+. The lowest BCUT2D eigenvalue weighted by Gasteiger charge is -2.12. The molecule has 0 spiro atoms. The Morgan fingerprint density at radius 3 is 2.06 bits per heavy atom. The first-order valence-corrected chi connectivity index (χ1v) is 10.6. The quantitative estimate of drug-likeness (QED) is 0.209. The summed E-state index contributed by atoms with van der Waals surface area (Å²) >= 11 is 0. The van der Waals surface area contributed by atoms with Crippen LogP contribution in [-0.4, -0.2) is 18.8 Å². The van der Waals surface area contributed by atoms with Crippen LogP contribution in [0.2, 0.25) is 0 Å². The third-order valence-electron chi connectivity index (χ3n) is 4.69. The van der Waals surface area contributed by atoms with E-state index in [-0.39, 0.29) is 17.2 Å². The maximum atomic E-state index is 12.9. The summed E-state index contributed by atoms with van der Waals surface area (Å²) in [5, 5.41) is 0. The number of alkyl halides is 3. The summed E-state index contributed by atoms with van der Waals surface area (Å²) in [7, 11) is 0. The number of unbranched alkanes of at least 4 members (excludes halogenated alkanes) is 5. The van der Waals surface area contributed by atoms with Gasteiger partial charge in [-0.05, 0) is 37.6 Å². The molecule has 0 saturated carbocycles. The highest BCUT2D eigenvalue weighted by Crippen LogP contribution is 2.26. The molecule has 6 heteroatoms. The molecule has 168 valence electrons. The highest BCUT2D eigenvalue weighted by Gasteiger charge is 2.27. The zero-order chi connectivity index (χ0) is 22.7. The van der Waals surface area contributed by atoms with Gasteiger partial charge in [-0.15, -0.1) is 0 Å². The van der Waals surface area contributed by atoms with Gasteiger partial charge in [-0.2, -0.15) is 13.2 Å². The second kappa shape index (κ2) is 12.2. The number of carbonyl (C=O) groups excluding carboxylic acids is 1. The Morgan fingerprint density at radius 1 is 0.871 bits per heavy atom. The molecule has 31 heavy (non-hydrogen) atoms. The Balaban J connectivity index is 1.95. The van der Waals surface area contributed by atoms with Gasteiger partial charge in [0, 0.05) is 5.56 Å². The summed E-state index contributed by atoms with van der Waals surface area (Å²) in [4.78, 5) is 12.4. The summed E-state index contributed by atoms with van der Waals surface area (Å²) < 4.78 is 49.5. The lowest BCUT2D eigenvalue weighted by molar-refractivity contribution is -0.0802. The van der Waals surface area contributed by atoms with E-state index in [4.69, 9.17) is 9.47 Å². The molecule has 0 atom stereocenters. The van der Waals surface area contributed by atoms with E-state index in [2.05, 4.69) is 6.92 Å². The van der Waals surface area contributed by atoms with E-state index >= 15 is 0 Å². The molecular formula is C25H29F3O3. The van der Waals surface area contributed by atoms with Crippen LogP contribution in [-0.2, 0) is 4.74 Å². The second-order valence-corrected chi connectivity index (χ2v) is 7.45. The van der Waals surface area contributed by atoms with Gasteiger partial charge >= 0.3 is 12.1 Å². The second-order valence-electron chi connectivity index (χ2n) is 7.45. The van der Waals surface area contributed by atoms with Crippen molar-refractivity contribution in [2.45, 2.75) is 58.5 Å². The molecule has 2 aromatic rings. The number of carbonyl (C=O) groups is 1. The topological polar surface area (TPSA) is 35.5 Å². The van der Waals surface area contributed by atoms with E-state index in [1.165, 1.54) is 49.9 Å². The zero-order valence-electron chi connectivity index (χ0n) is 18.0. The van der Waals surface area contributed by atoms with Gasteiger partial charge in [0.25, 0.3) is 0 Å². The van der Waals surface area contributed by atoms with Crippen LogP contribution in [0.1, 0.15) is 66.9 Å². The van der Waals surface area contributed by atoms with E-state index < -0.39 is 17.9 Å². The molecule has 0 aliphatic carbocycles. The van der Waals surface area contributed by atoms with Gasteiger partial charge < -0.3 is 9.47 Å². The van der Waals surface area contributed by atoms with Gasteiger partial charge in [0.05, 0.1) is 18.2 Å². The minimum absolute atomic E-state index is 0.00639. The predicted molar refractivity (Wildman–Crippen MR) is 116 cm³/mol. The first kappa shape index (κ1) is 24.5. The van der Waals surface area contributed by atoms with Gasteiger partial charge in [-0.3, -0.25) is 0 Å². The largest absolute Gasteiger partial charge is 0.494 e. The number of benzene rings is 2. The Labute approximate surface area is 181 Å². The number of aryl methyl sites for hydroxylation is 1. The van der Waals surface area contributed by atoms with Crippen molar-refractivity contribution >= 4 is 11.7 Å². The Hall–Kier alpha value is -2.76. The van der Waals surface area contributed by atoms with Crippen LogP contribution in [0.5, 0.6) is 5.75 Å². The maximum Gasteiger partial charge on any atom is 0.413 e. The Bertz CT molecular complexity index is 838. The molecular weight excluding hydrogens is 405 g/mol. The van der Waals surface area contributed by atoms with Crippen LogP contribution in [0.15, 0.2) is 54.6 Å². The molecule has 2 aromatic carbocycles. The highest BCUT2D eigenvalue weighted by molar-refractivity contribution is 5.93. The van der Waals surface area contributed by atoms with Crippen molar-refractivity contribution < 1.29 is 27.4 Å². The molecule has 0 aliphatic rings. The molecule has 0 aromatic heterocycles. The SMILES string of the molecule is CCCCCCCCOc1ccc(C(=O)O/C(=C/C(F)(F)F)c2ccc(C)cc2)cc1. The van der Waals surface area contributed by atoms with Gasteiger partial charge in [-0.1, -0.05) is 68.9 Å². The van der Waals surface area contributed by atoms with E-state index in [9.17, 15) is 18.0 Å². The van der Waals surface area contributed by atoms with Crippen LogP contribution in [0, 0.1) is 6.92 Å². The third kappa shape index (κ3) is 9.28. The average molecular weight is 434 g/mol. The van der Waals surface area contributed by atoms with Crippen molar-refractivity contribution in [2.75, 3.05) is 6.61 Å². The van der Waals surface area contributed by atoms with Crippen molar-refractivity contribution in [1.82, 2.24) is 0 Å². The molecule has 0 bridgehead atoms. The van der Waals surface area contributed by atoms with Gasteiger partial charge in [0.2, 0.25) is 0 Å². The highest BCUT2D eigenvalue weighted by atomic mass is 19.4. The molecule has 0 unspecified atom stereocenters.